The summed E-state index contributed by atoms with van der Waals surface area (Å²) in [5.41, 5.74) is 7.28. The number of rotatable bonds is 9. The van der Waals surface area contributed by atoms with Crippen LogP contribution in [-0.4, -0.2) is 67.9 Å². The smallest absolute Gasteiger partial charge is 0.254 e. The van der Waals surface area contributed by atoms with Crippen LogP contribution in [0, 0.1) is 0 Å². The molecular formula is C25H29N7O4S. The largest absolute Gasteiger partial charge is 0.495 e. The van der Waals surface area contributed by atoms with Crippen LogP contribution in [0.2, 0.25) is 0 Å². The zero-order valence-electron chi connectivity index (χ0n) is 20.4. The van der Waals surface area contributed by atoms with Gasteiger partial charge in [0.05, 0.1) is 23.3 Å². The van der Waals surface area contributed by atoms with E-state index in [0.717, 1.165) is 18.5 Å². The molecule has 5 rings (SSSR count). The van der Waals surface area contributed by atoms with Crippen molar-refractivity contribution in [1.29, 1.82) is 0 Å². The summed E-state index contributed by atoms with van der Waals surface area (Å²) in [6, 6.07) is 14.4. The second kappa shape index (κ2) is 10.2. The zero-order chi connectivity index (χ0) is 26.0. The number of piperazine rings is 1. The molecule has 1 saturated carbocycles. The van der Waals surface area contributed by atoms with E-state index in [-0.39, 0.29) is 5.56 Å². The summed E-state index contributed by atoms with van der Waals surface area (Å²) in [7, 11) is -1.93. The van der Waals surface area contributed by atoms with Crippen LogP contribution >= 0.6 is 0 Å². The number of benzene rings is 2. The molecule has 2 heterocycles. The minimum atomic E-state index is -3.52. The third-order valence-electron chi connectivity index (χ3n) is 6.37. The van der Waals surface area contributed by atoms with Gasteiger partial charge < -0.3 is 26.0 Å². The van der Waals surface area contributed by atoms with Crippen LogP contribution in [0.25, 0.3) is 0 Å². The number of primary amides is 1. The highest BCUT2D eigenvalue weighted by molar-refractivity contribution is 7.89. The molecule has 1 aliphatic carbocycles. The van der Waals surface area contributed by atoms with E-state index in [0.29, 0.717) is 60.3 Å². The summed E-state index contributed by atoms with van der Waals surface area (Å²) in [5, 5.41) is 6.37. The highest BCUT2D eigenvalue weighted by Gasteiger charge is 2.29. The van der Waals surface area contributed by atoms with Crippen molar-refractivity contribution < 1.29 is 17.9 Å². The highest BCUT2D eigenvalue weighted by Crippen LogP contribution is 2.34. The molecule has 2 fully saturated rings. The maximum atomic E-state index is 12.9. The van der Waals surface area contributed by atoms with Gasteiger partial charge in [-0.15, -0.1) is 0 Å². The van der Waals surface area contributed by atoms with Gasteiger partial charge in [-0.25, -0.2) is 13.4 Å². The van der Waals surface area contributed by atoms with E-state index in [2.05, 4.69) is 25.5 Å². The van der Waals surface area contributed by atoms with Gasteiger partial charge in [-0.1, -0.05) is 18.2 Å². The van der Waals surface area contributed by atoms with Gasteiger partial charge >= 0.3 is 0 Å². The van der Waals surface area contributed by atoms with Crippen molar-refractivity contribution in [3.63, 3.8) is 0 Å². The normalized spacial score (nSPS) is 16.3. The maximum absolute atomic E-state index is 12.9. The Morgan fingerprint density at radius 3 is 2.46 bits per heavy atom. The summed E-state index contributed by atoms with van der Waals surface area (Å²) >= 11 is 0. The summed E-state index contributed by atoms with van der Waals surface area (Å²) in [4.78, 5) is 22.8. The Balaban J connectivity index is 1.29. The number of nitrogens with one attached hydrogen (secondary N) is 2. The van der Waals surface area contributed by atoms with Crippen LogP contribution in [0.3, 0.4) is 0 Å². The van der Waals surface area contributed by atoms with Crippen molar-refractivity contribution in [2.45, 2.75) is 23.8 Å². The second-order valence-corrected chi connectivity index (χ2v) is 10.9. The van der Waals surface area contributed by atoms with E-state index in [4.69, 9.17) is 10.5 Å². The average Bonchev–Trinajstić information content (AvgIpc) is 3.73. The number of methoxy groups -OCH3 is 1. The first-order chi connectivity index (χ1) is 17.8. The Bertz CT molecular complexity index is 1390. The fourth-order valence-corrected chi connectivity index (χ4v) is 5.65. The van der Waals surface area contributed by atoms with Crippen LogP contribution < -0.4 is 26.0 Å². The Morgan fingerprint density at radius 2 is 1.81 bits per heavy atom. The number of aromatic nitrogens is 2. The molecule has 3 aromatic rings. The van der Waals surface area contributed by atoms with Crippen molar-refractivity contribution in [3.8, 4) is 5.75 Å². The summed E-state index contributed by atoms with van der Waals surface area (Å²) < 4.78 is 33.1. The molecule has 12 heteroatoms. The number of carbonyl (C=O) groups excluding carboxylic acids is 1. The molecule has 2 aromatic carbocycles. The van der Waals surface area contributed by atoms with Gasteiger partial charge in [0.15, 0.2) is 0 Å². The van der Waals surface area contributed by atoms with E-state index < -0.39 is 15.9 Å². The van der Waals surface area contributed by atoms with Crippen LogP contribution in [0.5, 0.6) is 5.75 Å². The molecule has 11 nitrogen and oxygen atoms in total. The molecule has 1 amide bonds. The summed E-state index contributed by atoms with van der Waals surface area (Å²) in [6.45, 7) is 1.81. The SMILES string of the molecule is COc1cc(Nc2ncc(C(N)=O)c(NC3CC3)n2)ccc1N1CCN(S(=O)(=O)c2ccccc2)CC1. The number of hydrogen-bond acceptors (Lipinski definition) is 9. The van der Waals surface area contributed by atoms with Gasteiger partial charge in [-0.05, 0) is 37.1 Å². The van der Waals surface area contributed by atoms with Crippen molar-refractivity contribution in [2.75, 3.05) is 48.8 Å². The first kappa shape index (κ1) is 24.8. The van der Waals surface area contributed by atoms with Gasteiger partial charge in [0.1, 0.15) is 11.6 Å². The van der Waals surface area contributed by atoms with Crippen molar-refractivity contribution in [1.82, 2.24) is 14.3 Å². The fraction of sp³-hybridized carbons (Fsp3) is 0.320. The van der Waals surface area contributed by atoms with E-state index in [1.54, 1.807) is 37.4 Å². The third-order valence-corrected chi connectivity index (χ3v) is 8.28. The lowest BCUT2D eigenvalue weighted by molar-refractivity contribution is 0.100. The molecule has 0 bridgehead atoms. The minimum Gasteiger partial charge on any atom is -0.495 e. The standard InChI is InChI=1S/C25H29N7O4S/c1-36-22-15-18(29-25-27-16-20(23(26)33)24(30-25)28-17-7-8-17)9-10-21(22)31-11-13-32(14-12-31)37(34,35)19-5-3-2-4-6-19/h2-6,9-10,15-17H,7-8,11-14H2,1H3,(H2,26,33)(H2,27,28,29,30). The van der Waals surface area contributed by atoms with Crippen molar-refractivity contribution in [2.24, 2.45) is 5.73 Å². The maximum Gasteiger partial charge on any atom is 0.254 e. The molecule has 0 spiro atoms. The van der Waals surface area contributed by atoms with Crippen LogP contribution in [0.1, 0.15) is 23.2 Å². The molecule has 1 aromatic heterocycles. The number of hydrogen-bond donors (Lipinski definition) is 3. The molecule has 4 N–H and O–H groups in total. The summed E-state index contributed by atoms with van der Waals surface area (Å²) in [6.07, 6.45) is 3.46. The Hall–Kier alpha value is -3.90. The van der Waals surface area contributed by atoms with Gasteiger partial charge in [0.25, 0.3) is 5.91 Å². The number of nitrogens with two attached hydrogens (primary N) is 1. The van der Waals surface area contributed by atoms with E-state index in [1.807, 2.05) is 18.2 Å². The van der Waals surface area contributed by atoms with Crippen molar-refractivity contribution in [3.05, 3.63) is 60.3 Å². The zero-order valence-corrected chi connectivity index (χ0v) is 21.2. The van der Waals surface area contributed by atoms with Crippen molar-refractivity contribution >= 4 is 39.1 Å². The first-order valence-electron chi connectivity index (χ1n) is 12.0. The number of sulfonamides is 1. The molecule has 194 valence electrons. The molecule has 0 radical (unpaired) electrons. The number of carbonyl (C=O) groups is 1. The first-order valence-corrected chi connectivity index (χ1v) is 13.5. The second-order valence-electron chi connectivity index (χ2n) is 8.95. The highest BCUT2D eigenvalue weighted by atomic mass is 32.2. The number of anilines is 4. The van der Waals surface area contributed by atoms with E-state index in [1.165, 1.54) is 10.5 Å². The van der Waals surface area contributed by atoms with Crippen LogP contribution in [0.15, 0.2) is 59.6 Å². The van der Waals surface area contributed by atoms with E-state index in [9.17, 15) is 13.2 Å². The molecule has 0 unspecified atom stereocenters. The predicted octanol–water partition coefficient (Wildman–Crippen LogP) is 2.41. The lowest BCUT2D eigenvalue weighted by atomic mass is 10.2. The minimum absolute atomic E-state index is 0.249. The Kier molecular flexibility index (Phi) is 6.85. The number of ether oxygens (including phenoxy) is 1. The quantitative estimate of drug-likeness (QED) is 0.385. The van der Waals surface area contributed by atoms with Crippen LogP contribution in [0.4, 0.5) is 23.1 Å². The van der Waals surface area contributed by atoms with Gasteiger partial charge in [0, 0.05) is 50.2 Å². The lowest BCUT2D eigenvalue weighted by Crippen LogP contribution is -2.48. The topological polar surface area (TPSA) is 143 Å². The Morgan fingerprint density at radius 1 is 1.08 bits per heavy atom. The fourth-order valence-electron chi connectivity index (χ4n) is 4.21. The lowest BCUT2D eigenvalue weighted by Gasteiger charge is -2.36. The molecule has 1 saturated heterocycles. The molecular weight excluding hydrogens is 494 g/mol. The van der Waals surface area contributed by atoms with E-state index >= 15 is 0 Å². The number of amides is 1. The molecule has 37 heavy (non-hydrogen) atoms. The average molecular weight is 524 g/mol. The Labute approximate surface area is 215 Å². The molecule has 0 atom stereocenters. The van der Waals surface area contributed by atoms with Gasteiger partial charge in [0.2, 0.25) is 16.0 Å². The van der Waals surface area contributed by atoms with Gasteiger partial charge in [-0.3, -0.25) is 4.79 Å². The number of nitrogens with zero attached hydrogens (tertiary/aromatic N) is 4. The molecule has 2 aliphatic rings. The predicted molar refractivity (Wildman–Crippen MR) is 141 cm³/mol. The monoisotopic (exact) mass is 523 g/mol. The third kappa shape index (κ3) is 5.44. The summed E-state index contributed by atoms with van der Waals surface area (Å²) in [5.74, 6) is 0.786. The van der Waals surface area contributed by atoms with Gasteiger partial charge in [-0.2, -0.15) is 9.29 Å². The van der Waals surface area contributed by atoms with Crippen LogP contribution in [-0.2, 0) is 10.0 Å². The molecule has 1 aliphatic heterocycles.